The SMILES string of the molecule is CCOC(=O)C1=C(C)NC(C)=C(C(=O)OCC)C1c1ccc(OCC(=O)N/N=C(\C)c2cccs2)cc1. The van der Waals surface area contributed by atoms with Gasteiger partial charge in [-0.15, -0.1) is 11.3 Å². The Morgan fingerprint density at radius 2 is 1.57 bits per heavy atom. The predicted octanol–water partition coefficient (Wildman–Crippen LogP) is 4.03. The number of hydrogen-bond acceptors (Lipinski definition) is 9. The van der Waals surface area contributed by atoms with Gasteiger partial charge in [-0.1, -0.05) is 18.2 Å². The number of hydrogen-bond donors (Lipinski definition) is 2. The lowest BCUT2D eigenvalue weighted by atomic mass is 9.80. The van der Waals surface area contributed by atoms with Crippen LogP contribution in [-0.2, 0) is 23.9 Å². The first-order valence-corrected chi connectivity index (χ1v) is 12.8. The molecule has 3 rings (SSSR count). The quantitative estimate of drug-likeness (QED) is 0.273. The van der Waals surface area contributed by atoms with Gasteiger partial charge in [0.05, 0.1) is 36.0 Å². The van der Waals surface area contributed by atoms with E-state index in [1.54, 1.807) is 52.0 Å². The third kappa shape index (κ3) is 6.85. The molecule has 9 nitrogen and oxygen atoms in total. The van der Waals surface area contributed by atoms with Crippen LogP contribution in [0.1, 0.15) is 51.0 Å². The molecule has 1 aliphatic rings. The second-order valence-corrected chi connectivity index (χ2v) is 9.09. The van der Waals surface area contributed by atoms with Gasteiger partial charge in [0.2, 0.25) is 0 Å². The number of benzene rings is 1. The van der Waals surface area contributed by atoms with Crippen LogP contribution < -0.4 is 15.5 Å². The molecule has 0 fully saturated rings. The van der Waals surface area contributed by atoms with Crippen molar-refractivity contribution in [3.05, 3.63) is 74.8 Å². The molecule has 1 aliphatic heterocycles. The predicted molar refractivity (Wildman–Crippen MR) is 141 cm³/mol. The van der Waals surface area contributed by atoms with Gasteiger partial charge in [-0.2, -0.15) is 5.10 Å². The van der Waals surface area contributed by atoms with Crippen molar-refractivity contribution in [3.63, 3.8) is 0 Å². The fourth-order valence-electron chi connectivity index (χ4n) is 3.91. The molecule has 10 heteroatoms. The van der Waals surface area contributed by atoms with E-state index in [0.717, 1.165) is 4.88 Å². The smallest absolute Gasteiger partial charge is 0.336 e. The third-order valence-electron chi connectivity index (χ3n) is 5.56. The topological polar surface area (TPSA) is 115 Å². The minimum absolute atomic E-state index is 0.200. The molecular weight excluding hydrogens is 494 g/mol. The fraction of sp³-hybridized carbons (Fsp3) is 0.333. The summed E-state index contributed by atoms with van der Waals surface area (Å²) in [4.78, 5) is 38.9. The van der Waals surface area contributed by atoms with E-state index in [9.17, 15) is 14.4 Å². The minimum atomic E-state index is -0.689. The normalized spacial score (nSPS) is 14.2. The molecule has 0 bridgehead atoms. The lowest BCUT2D eigenvalue weighted by Crippen LogP contribution is -2.32. The maximum Gasteiger partial charge on any atom is 0.336 e. The highest BCUT2D eigenvalue weighted by Gasteiger charge is 2.37. The Morgan fingerprint density at radius 3 is 2.08 bits per heavy atom. The number of allylic oxidation sites excluding steroid dienone is 2. The number of hydrazone groups is 1. The fourth-order valence-corrected chi connectivity index (χ4v) is 4.59. The summed E-state index contributed by atoms with van der Waals surface area (Å²) >= 11 is 1.53. The second kappa shape index (κ2) is 12.9. The minimum Gasteiger partial charge on any atom is -0.484 e. The molecule has 196 valence electrons. The van der Waals surface area contributed by atoms with Gasteiger partial charge in [0.15, 0.2) is 6.61 Å². The largest absolute Gasteiger partial charge is 0.484 e. The van der Waals surface area contributed by atoms with Gasteiger partial charge in [-0.25, -0.2) is 15.0 Å². The first kappa shape index (κ1) is 27.7. The van der Waals surface area contributed by atoms with Crippen LogP contribution in [0.25, 0.3) is 0 Å². The molecule has 0 spiro atoms. The van der Waals surface area contributed by atoms with Crippen molar-refractivity contribution in [2.24, 2.45) is 5.10 Å². The highest BCUT2D eigenvalue weighted by molar-refractivity contribution is 7.12. The van der Waals surface area contributed by atoms with Gasteiger partial charge in [0.25, 0.3) is 5.91 Å². The Morgan fingerprint density at radius 1 is 0.973 bits per heavy atom. The summed E-state index contributed by atoms with van der Waals surface area (Å²) in [5.41, 5.74) is 5.74. The van der Waals surface area contributed by atoms with Gasteiger partial charge < -0.3 is 19.5 Å². The zero-order valence-electron chi connectivity index (χ0n) is 21.5. The van der Waals surface area contributed by atoms with E-state index in [2.05, 4.69) is 15.8 Å². The number of dihydropyridines is 1. The van der Waals surface area contributed by atoms with Crippen LogP contribution in [0.4, 0.5) is 0 Å². The van der Waals surface area contributed by atoms with Crippen LogP contribution in [0, 0.1) is 0 Å². The molecule has 37 heavy (non-hydrogen) atoms. The van der Waals surface area contributed by atoms with Crippen molar-refractivity contribution < 1.29 is 28.6 Å². The van der Waals surface area contributed by atoms with E-state index in [1.807, 2.05) is 24.4 Å². The van der Waals surface area contributed by atoms with Gasteiger partial charge >= 0.3 is 11.9 Å². The van der Waals surface area contributed by atoms with Crippen molar-refractivity contribution in [1.82, 2.24) is 10.7 Å². The number of nitrogens with zero attached hydrogens (tertiary/aromatic N) is 1. The average Bonchev–Trinajstić information content (AvgIpc) is 3.41. The van der Waals surface area contributed by atoms with Crippen LogP contribution in [0.5, 0.6) is 5.75 Å². The van der Waals surface area contributed by atoms with Gasteiger partial charge in [0, 0.05) is 16.3 Å². The number of rotatable bonds is 10. The third-order valence-corrected chi connectivity index (χ3v) is 6.54. The van der Waals surface area contributed by atoms with Gasteiger partial charge in [0.1, 0.15) is 5.75 Å². The number of carbonyl (C=O) groups excluding carboxylic acids is 3. The molecule has 0 aliphatic carbocycles. The Hall–Kier alpha value is -3.92. The van der Waals surface area contributed by atoms with Crippen LogP contribution in [0.3, 0.4) is 0 Å². The Balaban J connectivity index is 1.78. The summed E-state index contributed by atoms with van der Waals surface area (Å²) in [6, 6.07) is 10.7. The molecule has 0 saturated carbocycles. The molecule has 0 unspecified atom stereocenters. The Labute approximate surface area is 220 Å². The van der Waals surface area contributed by atoms with Crippen molar-refractivity contribution in [2.45, 2.75) is 40.5 Å². The summed E-state index contributed by atoms with van der Waals surface area (Å²) in [7, 11) is 0. The first-order chi connectivity index (χ1) is 17.8. The second-order valence-electron chi connectivity index (χ2n) is 8.14. The zero-order chi connectivity index (χ0) is 26.9. The van der Waals surface area contributed by atoms with E-state index < -0.39 is 23.8 Å². The van der Waals surface area contributed by atoms with E-state index in [0.29, 0.717) is 39.6 Å². The van der Waals surface area contributed by atoms with E-state index in [-0.39, 0.29) is 19.8 Å². The van der Waals surface area contributed by atoms with Crippen LogP contribution in [0.2, 0.25) is 0 Å². The molecule has 0 atom stereocenters. The van der Waals surface area contributed by atoms with Crippen molar-refractivity contribution in [3.8, 4) is 5.75 Å². The summed E-state index contributed by atoms with van der Waals surface area (Å²) in [5, 5.41) is 9.14. The monoisotopic (exact) mass is 525 g/mol. The Kier molecular flexibility index (Phi) is 9.62. The van der Waals surface area contributed by atoms with E-state index >= 15 is 0 Å². The summed E-state index contributed by atoms with van der Waals surface area (Å²) in [6.07, 6.45) is 0. The maximum atomic E-state index is 12.9. The van der Waals surface area contributed by atoms with Crippen LogP contribution in [-0.4, -0.2) is 43.4 Å². The van der Waals surface area contributed by atoms with Crippen LogP contribution in [0.15, 0.2) is 69.4 Å². The van der Waals surface area contributed by atoms with Crippen molar-refractivity contribution >= 4 is 34.9 Å². The lowest BCUT2D eigenvalue weighted by molar-refractivity contribution is -0.139. The molecule has 2 N–H and O–H groups in total. The average molecular weight is 526 g/mol. The molecule has 1 aromatic heterocycles. The highest BCUT2D eigenvalue weighted by atomic mass is 32.1. The van der Waals surface area contributed by atoms with Crippen LogP contribution >= 0.6 is 11.3 Å². The molecule has 2 aromatic rings. The van der Waals surface area contributed by atoms with Gasteiger partial charge in [-0.05, 0) is 63.8 Å². The van der Waals surface area contributed by atoms with Crippen molar-refractivity contribution in [1.29, 1.82) is 0 Å². The number of nitrogens with one attached hydrogen (secondary N) is 2. The molecule has 0 saturated heterocycles. The summed E-state index contributed by atoms with van der Waals surface area (Å²) in [5.74, 6) is -1.66. The number of esters is 2. The molecule has 2 heterocycles. The number of ether oxygens (including phenoxy) is 3. The lowest BCUT2D eigenvalue weighted by Gasteiger charge is -2.30. The standard InChI is InChI=1S/C27H31N3O6S/c1-6-34-26(32)23-17(4)28-18(5)24(27(33)35-7-2)25(23)19-10-12-20(13-11-19)36-15-22(31)30-29-16(3)21-9-8-14-37-21/h8-14,25,28H,6-7,15H2,1-5H3,(H,30,31)/b29-16+. The highest BCUT2D eigenvalue weighted by Crippen LogP contribution is 2.39. The van der Waals surface area contributed by atoms with Crippen molar-refractivity contribution in [2.75, 3.05) is 19.8 Å². The summed E-state index contributed by atoms with van der Waals surface area (Å²) < 4.78 is 16.2. The van der Waals surface area contributed by atoms with E-state index in [1.165, 1.54) is 11.3 Å². The molecule has 1 amide bonds. The number of carbonyl (C=O) groups is 3. The molecule has 0 radical (unpaired) electrons. The van der Waals surface area contributed by atoms with E-state index in [4.69, 9.17) is 14.2 Å². The maximum absolute atomic E-state index is 12.9. The number of thiophene rings is 1. The molecule has 1 aromatic carbocycles. The first-order valence-electron chi connectivity index (χ1n) is 11.9. The summed E-state index contributed by atoms with van der Waals surface area (Å²) in [6.45, 7) is 8.97. The van der Waals surface area contributed by atoms with Gasteiger partial charge in [-0.3, -0.25) is 4.79 Å². The zero-order valence-corrected chi connectivity index (χ0v) is 22.4. The number of amides is 1. The molecular formula is C27H31N3O6S. The Bertz CT molecular complexity index is 1190.